The minimum absolute atomic E-state index is 0.0976. The minimum atomic E-state index is 0.0976. The summed E-state index contributed by atoms with van der Waals surface area (Å²) in [6, 6.07) is 0. The van der Waals surface area contributed by atoms with Crippen molar-refractivity contribution in [1.29, 1.82) is 0 Å². The molecule has 3 heteroatoms. The molecule has 1 N–H and O–H groups in total. The average molecular weight is 335 g/mol. The van der Waals surface area contributed by atoms with E-state index in [1.54, 1.807) is 0 Å². The number of carbonyl (C=O) groups excluding carboxylic acids is 1. The molecule has 2 bridgehead atoms. The van der Waals surface area contributed by atoms with Gasteiger partial charge in [-0.3, -0.25) is 4.79 Å². The second kappa shape index (κ2) is 10.9. The third-order valence-corrected chi connectivity index (χ3v) is 6.14. The maximum absolute atomic E-state index is 11.9. The van der Waals surface area contributed by atoms with Gasteiger partial charge >= 0.3 is 0 Å². The number of amides is 1. The summed E-state index contributed by atoms with van der Waals surface area (Å²) < 4.78 is 0. The van der Waals surface area contributed by atoms with Gasteiger partial charge in [0.25, 0.3) is 0 Å². The van der Waals surface area contributed by atoms with Gasteiger partial charge in [0.15, 0.2) is 0 Å². The van der Waals surface area contributed by atoms with E-state index in [2.05, 4.69) is 24.4 Å². The van der Waals surface area contributed by atoms with Crippen LogP contribution in [-0.2, 0) is 4.79 Å². The largest absolute Gasteiger partial charge is 0.273 e. The molecule has 2 fully saturated rings. The topological polar surface area (TPSA) is 41.5 Å². The number of nitrogens with zero attached hydrogens (tertiary/aromatic N) is 1. The second-order valence-electron chi connectivity index (χ2n) is 8.15. The van der Waals surface area contributed by atoms with Gasteiger partial charge in [-0.25, -0.2) is 5.43 Å². The van der Waals surface area contributed by atoms with Crippen LogP contribution in [0.2, 0.25) is 0 Å². The zero-order chi connectivity index (χ0) is 17.2. The van der Waals surface area contributed by atoms with Crippen molar-refractivity contribution in [1.82, 2.24) is 5.43 Å². The molecule has 2 saturated carbocycles. The SMILES string of the molecule is CCCCCCCCCCCC(=O)N/N=C(\C)C1CC2CCC1C2. The van der Waals surface area contributed by atoms with Crippen LogP contribution in [0.15, 0.2) is 5.10 Å². The fraction of sp³-hybridized carbons (Fsp3) is 0.905. The van der Waals surface area contributed by atoms with E-state index >= 15 is 0 Å². The predicted octanol–water partition coefficient (Wildman–Crippen LogP) is 5.84. The highest BCUT2D eigenvalue weighted by Crippen LogP contribution is 2.48. The summed E-state index contributed by atoms with van der Waals surface area (Å²) in [5, 5.41) is 4.40. The van der Waals surface area contributed by atoms with Crippen molar-refractivity contribution in [2.75, 3.05) is 0 Å². The van der Waals surface area contributed by atoms with E-state index in [4.69, 9.17) is 0 Å². The monoisotopic (exact) mass is 334 g/mol. The van der Waals surface area contributed by atoms with Gasteiger partial charge in [-0.1, -0.05) is 64.7 Å². The van der Waals surface area contributed by atoms with Crippen molar-refractivity contribution in [3.8, 4) is 0 Å². The zero-order valence-corrected chi connectivity index (χ0v) is 16.0. The molecule has 3 atom stereocenters. The Morgan fingerprint density at radius 3 is 2.21 bits per heavy atom. The van der Waals surface area contributed by atoms with Crippen molar-refractivity contribution in [2.45, 2.75) is 104 Å². The molecule has 2 rings (SSSR count). The van der Waals surface area contributed by atoms with Gasteiger partial charge in [0.2, 0.25) is 5.91 Å². The minimum Gasteiger partial charge on any atom is -0.273 e. The lowest BCUT2D eigenvalue weighted by Crippen LogP contribution is -2.24. The smallest absolute Gasteiger partial charge is 0.240 e. The van der Waals surface area contributed by atoms with E-state index in [0.717, 1.165) is 24.0 Å². The molecule has 3 unspecified atom stereocenters. The quantitative estimate of drug-likeness (QED) is 0.272. The van der Waals surface area contributed by atoms with Crippen molar-refractivity contribution in [2.24, 2.45) is 22.9 Å². The maximum atomic E-state index is 11.9. The molecular weight excluding hydrogens is 296 g/mol. The maximum Gasteiger partial charge on any atom is 0.240 e. The summed E-state index contributed by atoms with van der Waals surface area (Å²) in [6.07, 6.45) is 17.7. The first-order valence-electron chi connectivity index (χ1n) is 10.5. The summed E-state index contributed by atoms with van der Waals surface area (Å²) in [5.74, 6) is 2.51. The van der Waals surface area contributed by atoms with E-state index in [1.807, 2.05) is 0 Å². The molecule has 1 amide bonds. The van der Waals surface area contributed by atoms with Crippen molar-refractivity contribution in [3.63, 3.8) is 0 Å². The van der Waals surface area contributed by atoms with Crippen LogP contribution in [0.3, 0.4) is 0 Å². The Hall–Kier alpha value is -0.860. The molecular formula is C21H38N2O. The first-order valence-corrected chi connectivity index (χ1v) is 10.5. The molecule has 0 aromatic carbocycles. The molecule has 138 valence electrons. The third kappa shape index (κ3) is 6.57. The van der Waals surface area contributed by atoms with Gasteiger partial charge in [-0.15, -0.1) is 0 Å². The highest BCUT2D eigenvalue weighted by Gasteiger charge is 2.40. The molecule has 0 radical (unpaired) electrons. The normalized spacial score (nSPS) is 26.1. The van der Waals surface area contributed by atoms with Gasteiger partial charge < -0.3 is 0 Å². The first kappa shape index (κ1) is 19.5. The molecule has 2 aliphatic rings. The number of hydrazone groups is 1. The van der Waals surface area contributed by atoms with Crippen molar-refractivity contribution in [3.05, 3.63) is 0 Å². The summed E-state index contributed by atoms with van der Waals surface area (Å²) in [6.45, 7) is 4.36. The van der Waals surface area contributed by atoms with Crippen molar-refractivity contribution >= 4 is 11.6 Å². The van der Waals surface area contributed by atoms with Gasteiger partial charge in [-0.05, 0) is 44.4 Å². The predicted molar refractivity (Wildman–Crippen MR) is 102 cm³/mol. The highest BCUT2D eigenvalue weighted by atomic mass is 16.2. The Morgan fingerprint density at radius 2 is 1.62 bits per heavy atom. The van der Waals surface area contributed by atoms with Gasteiger partial charge in [0, 0.05) is 18.1 Å². The van der Waals surface area contributed by atoms with Crippen LogP contribution in [0.4, 0.5) is 0 Å². The summed E-state index contributed by atoms with van der Waals surface area (Å²) in [4.78, 5) is 11.9. The van der Waals surface area contributed by atoms with Crippen LogP contribution in [0.25, 0.3) is 0 Å². The fourth-order valence-electron chi connectivity index (χ4n) is 4.64. The van der Waals surface area contributed by atoms with Crippen LogP contribution in [-0.4, -0.2) is 11.6 Å². The van der Waals surface area contributed by atoms with Gasteiger partial charge in [0.1, 0.15) is 0 Å². The van der Waals surface area contributed by atoms with E-state index in [9.17, 15) is 4.79 Å². The Bertz CT molecular complexity index is 405. The van der Waals surface area contributed by atoms with Crippen LogP contribution in [0.1, 0.15) is 104 Å². The average Bonchev–Trinajstić information content (AvgIpc) is 3.21. The number of nitrogens with one attached hydrogen (secondary N) is 1. The number of unbranched alkanes of at least 4 members (excludes halogenated alkanes) is 8. The summed E-state index contributed by atoms with van der Waals surface area (Å²) in [5.41, 5.74) is 3.95. The molecule has 0 heterocycles. The lowest BCUT2D eigenvalue weighted by Gasteiger charge is -2.21. The Balaban J connectivity index is 1.47. The van der Waals surface area contributed by atoms with Gasteiger partial charge in [-0.2, -0.15) is 5.10 Å². The zero-order valence-electron chi connectivity index (χ0n) is 16.0. The lowest BCUT2D eigenvalue weighted by atomic mass is 9.86. The van der Waals surface area contributed by atoms with E-state index in [0.29, 0.717) is 12.3 Å². The molecule has 0 aromatic rings. The number of hydrogen-bond donors (Lipinski definition) is 1. The molecule has 0 aromatic heterocycles. The van der Waals surface area contributed by atoms with Crippen LogP contribution < -0.4 is 5.43 Å². The third-order valence-electron chi connectivity index (χ3n) is 6.14. The van der Waals surface area contributed by atoms with E-state index in [1.165, 1.54) is 77.0 Å². The van der Waals surface area contributed by atoms with Crippen LogP contribution >= 0.6 is 0 Å². The Morgan fingerprint density at radius 1 is 0.958 bits per heavy atom. The molecule has 0 spiro atoms. The number of fused-ring (bicyclic) bond motifs is 2. The van der Waals surface area contributed by atoms with Crippen LogP contribution in [0, 0.1) is 17.8 Å². The molecule has 0 aliphatic heterocycles. The van der Waals surface area contributed by atoms with Crippen LogP contribution in [0.5, 0.6) is 0 Å². The molecule has 2 aliphatic carbocycles. The molecule has 3 nitrogen and oxygen atoms in total. The highest BCUT2D eigenvalue weighted by molar-refractivity contribution is 5.86. The standard InChI is InChI=1S/C21H38N2O/c1-3-4-5-6-7-8-9-10-11-12-21(24)23-22-17(2)20-16-18-13-14-19(20)15-18/h18-20H,3-16H2,1-2H3,(H,23,24)/b22-17+. The second-order valence-corrected chi connectivity index (χ2v) is 8.15. The fourth-order valence-corrected chi connectivity index (χ4v) is 4.64. The molecule has 0 saturated heterocycles. The Kier molecular flexibility index (Phi) is 8.83. The van der Waals surface area contributed by atoms with E-state index in [-0.39, 0.29) is 5.91 Å². The molecule has 24 heavy (non-hydrogen) atoms. The lowest BCUT2D eigenvalue weighted by molar-refractivity contribution is -0.121. The first-order chi connectivity index (χ1) is 11.7. The summed E-state index contributed by atoms with van der Waals surface area (Å²) in [7, 11) is 0. The number of carbonyl (C=O) groups is 1. The number of hydrogen-bond acceptors (Lipinski definition) is 2. The van der Waals surface area contributed by atoms with Gasteiger partial charge in [0.05, 0.1) is 0 Å². The Labute approximate surface area is 149 Å². The van der Waals surface area contributed by atoms with Crippen molar-refractivity contribution < 1.29 is 4.79 Å². The summed E-state index contributed by atoms with van der Waals surface area (Å²) >= 11 is 0. The number of rotatable bonds is 12. The van der Waals surface area contributed by atoms with E-state index < -0.39 is 0 Å².